The van der Waals surface area contributed by atoms with E-state index in [1.807, 2.05) is 48.5 Å². The molecule has 0 bridgehead atoms. The largest absolute Gasteiger partial charge is 0.497 e. The van der Waals surface area contributed by atoms with Crippen molar-refractivity contribution in [2.75, 3.05) is 19.5 Å². The van der Waals surface area contributed by atoms with E-state index < -0.39 is 0 Å². The number of nitrogens with zero attached hydrogens (tertiary/aromatic N) is 1. The van der Waals surface area contributed by atoms with Crippen molar-refractivity contribution in [3.8, 4) is 11.5 Å². The van der Waals surface area contributed by atoms with Gasteiger partial charge in [-0.2, -0.15) is 0 Å². The van der Waals surface area contributed by atoms with Crippen LogP contribution in [0.3, 0.4) is 0 Å². The van der Waals surface area contributed by atoms with Crippen LogP contribution < -0.4 is 14.8 Å². The molecule has 0 aliphatic carbocycles. The summed E-state index contributed by atoms with van der Waals surface area (Å²) in [4.78, 5) is 16.9. The van der Waals surface area contributed by atoms with E-state index >= 15 is 0 Å². The standard InChI is InChI=1S/C22H24N2O3S/c1-3-14-27-20-7-5-4-6-17(20)10-13-21(25)24-22-23-19(15-28-22)16-8-11-18(26-2)12-9-16/h4-13,19H,3,14-15H2,1-2H3,(H,23,24,25)/b13-10+. The van der Waals surface area contributed by atoms with Crippen LogP contribution in [0.1, 0.15) is 30.5 Å². The highest BCUT2D eigenvalue weighted by Crippen LogP contribution is 2.30. The topological polar surface area (TPSA) is 59.9 Å². The first kappa shape index (κ1) is 20.0. The smallest absolute Gasteiger partial charge is 0.249 e. The van der Waals surface area contributed by atoms with Gasteiger partial charge in [0.15, 0.2) is 5.17 Å². The molecule has 28 heavy (non-hydrogen) atoms. The number of nitrogens with one attached hydrogen (secondary N) is 1. The quantitative estimate of drug-likeness (QED) is 0.702. The number of aliphatic imine (C=N–C) groups is 1. The Kier molecular flexibility index (Phi) is 7.14. The number of amidine groups is 1. The normalized spacial score (nSPS) is 16.1. The van der Waals surface area contributed by atoms with E-state index in [9.17, 15) is 4.79 Å². The van der Waals surface area contributed by atoms with Crippen molar-refractivity contribution in [3.63, 3.8) is 0 Å². The Labute approximate surface area is 169 Å². The fourth-order valence-electron chi connectivity index (χ4n) is 2.71. The minimum atomic E-state index is -0.202. The van der Waals surface area contributed by atoms with Crippen LogP contribution in [0.5, 0.6) is 11.5 Å². The molecule has 0 aromatic heterocycles. The number of para-hydroxylation sites is 1. The van der Waals surface area contributed by atoms with Crippen LogP contribution in [0.25, 0.3) is 6.08 Å². The van der Waals surface area contributed by atoms with Crippen LogP contribution in [0, 0.1) is 0 Å². The average Bonchev–Trinajstić information content (AvgIpc) is 3.19. The van der Waals surface area contributed by atoms with Gasteiger partial charge in [0.2, 0.25) is 5.91 Å². The zero-order chi connectivity index (χ0) is 19.8. The number of methoxy groups -OCH3 is 1. The lowest BCUT2D eigenvalue weighted by Gasteiger charge is -2.07. The van der Waals surface area contributed by atoms with E-state index in [0.29, 0.717) is 11.8 Å². The van der Waals surface area contributed by atoms with Gasteiger partial charge >= 0.3 is 0 Å². The summed E-state index contributed by atoms with van der Waals surface area (Å²) in [5.41, 5.74) is 1.98. The number of carbonyl (C=O) groups is 1. The Bertz CT molecular complexity index is 862. The summed E-state index contributed by atoms with van der Waals surface area (Å²) in [5.74, 6) is 2.20. The van der Waals surface area contributed by atoms with Gasteiger partial charge in [-0.15, -0.1) is 0 Å². The molecule has 0 spiro atoms. The summed E-state index contributed by atoms with van der Waals surface area (Å²) >= 11 is 1.55. The third kappa shape index (κ3) is 5.39. The molecule has 146 valence electrons. The molecule has 2 aromatic carbocycles. The summed E-state index contributed by atoms with van der Waals surface area (Å²) in [6.45, 7) is 2.71. The van der Waals surface area contributed by atoms with Crippen molar-refractivity contribution < 1.29 is 14.3 Å². The number of hydrogen-bond acceptors (Lipinski definition) is 5. The van der Waals surface area contributed by atoms with E-state index in [-0.39, 0.29) is 11.9 Å². The van der Waals surface area contributed by atoms with Gasteiger partial charge in [0.25, 0.3) is 0 Å². The minimum absolute atomic E-state index is 0.0401. The summed E-state index contributed by atoms with van der Waals surface area (Å²) in [7, 11) is 1.65. The van der Waals surface area contributed by atoms with Crippen molar-refractivity contribution >= 4 is 28.9 Å². The Hall–Kier alpha value is -2.73. The number of hydrogen-bond donors (Lipinski definition) is 1. The molecule has 0 fully saturated rings. The second-order valence-electron chi connectivity index (χ2n) is 6.24. The lowest BCUT2D eigenvalue weighted by atomic mass is 10.1. The zero-order valence-electron chi connectivity index (χ0n) is 16.1. The molecule has 1 aliphatic rings. The maximum atomic E-state index is 12.3. The van der Waals surface area contributed by atoms with Crippen LogP contribution in [0.2, 0.25) is 0 Å². The molecule has 1 unspecified atom stereocenters. The third-order valence-corrected chi connectivity index (χ3v) is 5.14. The fraction of sp³-hybridized carbons (Fsp3) is 0.273. The van der Waals surface area contributed by atoms with Gasteiger partial charge in [0, 0.05) is 17.4 Å². The first-order valence-electron chi connectivity index (χ1n) is 9.25. The molecule has 1 aliphatic heterocycles. The Morgan fingerprint density at radius 2 is 2.04 bits per heavy atom. The van der Waals surface area contributed by atoms with E-state index in [1.165, 1.54) is 6.08 Å². The maximum Gasteiger partial charge on any atom is 0.249 e. The van der Waals surface area contributed by atoms with E-state index in [2.05, 4.69) is 17.2 Å². The molecule has 0 radical (unpaired) electrons. The van der Waals surface area contributed by atoms with Crippen LogP contribution >= 0.6 is 11.8 Å². The highest BCUT2D eigenvalue weighted by Gasteiger charge is 2.20. The summed E-state index contributed by atoms with van der Waals surface area (Å²) in [5, 5.41) is 3.50. The van der Waals surface area contributed by atoms with Gasteiger partial charge in [-0.3, -0.25) is 9.79 Å². The Morgan fingerprint density at radius 1 is 1.25 bits per heavy atom. The highest BCUT2D eigenvalue weighted by atomic mass is 32.2. The molecule has 5 nitrogen and oxygen atoms in total. The second-order valence-corrected chi connectivity index (χ2v) is 7.25. The number of carbonyl (C=O) groups excluding carboxylic acids is 1. The fourth-order valence-corrected chi connectivity index (χ4v) is 3.67. The first-order valence-corrected chi connectivity index (χ1v) is 10.2. The summed E-state index contributed by atoms with van der Waals surface area (Å²) in [6.07, 6.45) is 4.21. The summed E-state index contributed by atoms with van der Waals surface area (Å²) in [6, 6.07) is 15.6. The molecular formula is C22H24N2O3S. The Balaban J connectivity index is 1.60. The SMILES string of the molecule is CCCOc1ccccc1/C=C/C(=O)NC1=NC(c2ccc(OC)cc2)CS1. The van der Waals surface area contributed by atoms with Crippen LogP contribution in [-0.4, -0.2) is 30.5 Å². The first-order chi connectivity index (χ1) is 13.7. The molecule has 3 rings (SSSR count). The molecule has 2 aromatic rings. The van der Waals surface area contributed by atoms with Crippen molar-refractivity contribution in [1.29, 1.82) is 0 Å². The number of thioether (sulfide) groups is 1. The van der Waals surface area contributed by atoms with Gasteiger partial charge in [0.05, 0.1) is 19.8 Å². The molecule has 6 heteroatoms. The zero-order valence-corrected chi connectivity index (χ0v) is 16.9. The lowest BCUT2D eigenvalue weighted by Crippen LogP contribution is -2.25. The second kappa shape index (κ2) is 9.99. The van der Waals surface area contributed by atoms with Gasteiger partial charge in [0.1, 0.15) is 11.5 Å². The molecule has 1 heterocycles. The van der Waals surface area contributed by atoms with Crippen LogP contribution in [0.4, 0.5) is 0 Å². The lowest BCUT2D eigenvalue weighted by molar-refractivity contribution is -0.115. The molecule has 1 atom stereocenters. The average molecular weight is 397 g/mol. The Morgan fingerprint density at radius 3 is 2.79 bits per heavy atom. The maximum absolute atomic E-state index is 12.3. The van der Waals surface area contributed by atoms with Crippen LogP contribution in [0.15, 0.2) is 59.6 Å². The van der Waals surface area contributed by atoms with Crippen molar-refractivity contribution in [2.24, 2.45) is 4.99 Å². The van der Waals surface area contributed by atoms with Gasteiger partial charge in [-0.05, 0) is 36.3 Å². The predicted octanol–water partition coefficient (Wildman–Crippen LogP) is 4.46. The highest BCUT2D eigenvalue weighted by molar-refractivity contribution is 8.14. The number of rotatable bonds is 7. The minimum Gasteiger partial charge on any atom is -0.497 e. The van der Waals surface area contributed by atoms with Gasteiger partial charge in [-0.1, -0.05) is 49.0 Å². The number of benzene rings is 2. The van der Waals surface area contributed by atoms with E-state index in [1.54, 1.807) is 24.9 Å². The number of ether oxygens (including phenoxy) is 2. The predicted molar refractivity (Wildman–Crippen MR) is 115 cm³/mol. The van der Waals surface area contributed by atoms with E-state index in [4.69, 9.17) is 9.47 Å². The van der Waals surface area contributed by atoms with Crippen molar-refractivity contribution in [2.45, 2.75) is 19.4 Å². The number of amides is 1. The summed E-state index contributed by atoms with van der Waals surface area (Å²) < 4.78 is 10.9. The van der Waals surface area contributed by atoms with Gasteiger partial charge in [-0.25, -0.2) is 0 Å². The van der Waals surface area contributed by atoms with E-state index in [0.717, 1.165) is 34.8 Å². The monoisotopic (exact) mass is 396 g/mol. The molecule has 1 N–H and O–H groups in total. The van der Waals surface area contributed by atoms with Crippen molar-refractivity contribution in [1.82, 2.24) is 5.32 Å². The molecule has 0 saturated heterocycles. The third-order valence-electron chi connectivity index (χ3n) is 4.18. The molecule has 0 saturated carbocycles. The van der Waals surface area contributed by atoms with Crippen LogP contribution in [-0.2, 0) is 4.79 Å². The molecular weight excluding hydrogens is 372 g/mol. The molecule has 1 amide bonds. The van der Waals surface area contributed by atoms with Crippen molar-refractivity contribution in [3.05, 3.63) is 65.7 Å². The van der Waals surface area contributed by atoms with Gasteiger partial charge < -0.3 is 14.8 Å².